The molecular formula is C20H15ClN2O2. The number of carboxylic acid groups (broad SMARTS) is 1. The Morgan fingerprint density at radius 2 is 1.64 bits per heavy atom. The van der Waals surface area contributed by atoms with Gasteiger partial charge in [-0.1, -0.05) is 66.2 Å². The highest BCUT2D eigenvalue weighted by Gasteiger charge is 2.08. The molecule has 0 fully saturated rings. The van der Waals surface area contributed by atoms with E-state index in [0.29, 0.717) is 5.69 Å². The van der Waals surface area contributed by atoms with Crippen LogP contribution in [-0.2, 0) is 0 Å². The van der Waals surface area contributed by atoms with Crippen LogP contribution in [0.1, 0.15) is 15.9 Å². The van der Waals surface area contributed by atoms with E-state index in [1.54, 1.807) is 12.3 Å². The minimum Gasteiger partial charge on any atom is -0.478 e. The van der Waals surface area contributed by atoms with Crippen molar-refractivity contribution in [1.82, 2.24) is 0 Å². The number of carboxylic acids is 1. The third-order valence-corrected chi connectivity index (χ3v) is 3.95. The van der Waals surface area contributed by atoms with Crippen LogP contribution in [0.25, 0.3) is 11.1 Å². The van der Waals surface area contributed by atoms with Gasteiger partial charge in [0.05, 0.1) is 22.5 Å². The Morgan fingerprint density at radius 1 is 0.960 bits per heavy atom. The van der Waals surface area contributed by atoms with Gasteiger partial charge >= 0.3 is 5.97 Å². The van der Waals surface area contributed by atoms with Crippen LogP contribution in [0, 0.1) is 0 Å². The fourth-order valence-electron chi connectivity index (χ4n) is 2.33. The molecule has 0 aliphatic rings. The summed E-state index contributed by atoms with van der Waals surface area (Å²) < 4.78 is 0. The Balaban J connectivity index is 1.69. The highest BCUT2D eigenvalue weighted by atomic mass is 35.5. The first-order valence-corrected chi connectivity index (χ1v) is 7.99. The van der Waals surface area contributed by atoms with Crippen LogP contribution < -0.4 is 5.43 Å². The number of carbonyl (C=O) groups is 1. The molecule has 3 rings (SSSR count). The van der Waals surface area contributed by atoms with Gasteiger partial charge in [0.2, 0.25) is 0 Å². The van der Waals surface area contributed by atoms with E-state index in [9.17, 15) is 4.79 Å². The summed E-state index contributed by atoms with van der Waals surface area (Å²) in [5, 5.41) is 13.4. The molecule has 0 saturated heterocycles. The number of halogens is 1. The number of nitrogens with zero attached hydrogens (tertiary/aromatic N) is 1. The summed E-state index contributed by atoms with van der Waals surface area (Å²) in [6.07, 6.45) is 1.67. The Hall–Kier alpha value is -3.11. The maximum Gasteiger partial charge on any atom is 0.337 e. The highest BCUT2D eigenvalue weighted by Crippen LogP contribution is 2.21. The van der Waals surface area contributed by atoms with Gasteiger partial charge in [0.15, 0.2) is 0 Å². The number of rotatable bonds is 5. The van der Waals surface area contributed by atoms with Gasteiger partial charge < -0.3 is 5.11 Å². The van der Waals surface area contributed by atoms with Crippen molar-refractivity contribution in [1.29, 1.82) is 0 Å². The second-order valence-electron chi connectivity index (χ2n) is 5.36. The van der Waals surface area contributed by atoms with Gasteiger partial charge in [-0.2, -0.15) is 5.10 Å². The van der Waals surface area contributed by atoms with Gasteiger partial charge in [-0.25, -0.2) is 4.79 Å². The molecule has 0 aliphatic carbocycles. The van der Waals surface area contributed by atoms with E-state index in [4.69, 9.17) is 16.7 Å². The lowest BCUT2D eigenvalue weighted by Crippen LogP contribution is -1.99. The molecular weight excluding hydrogens is 336 g/mol. The second-order valence-corrected chi connectivity index (χ2v) is 5.77. The van der Waals surface area contributed by atoms with E-state index in [0.717, 1.165) is 16.7 Å². The molecule has 4 nitrogen and oxygen atoms in total. The molecule has 5 heteroatoms. The predicted molar refractivity (Wildman–Crippen MR) is 102 cm³/mol. The molecule has 0 aliphatic heterocycles. The Labute approximate surface area is 150 Å². The van der Waals surface area contributed by atoms with E-state index in [2.05, 4.69) is 22.7 Å². The number of aromatic carboxylic acids is 1. The zero-order valence-electron chi connectivity index (χ0n) is 13.2. The van der Waals surface area contributed by atoms with Crippen molar-refractivity contribution in [3.8, 4) is 11.1 Å². The maximum absolute atomic E-state index is 11.1. The molecule has 3 aromatic rings. The topological polar surface area (TPSA) is 61.7 Å². The fraction of sp³-hybridized carbons (Fsp3) is 0. The summed E-state index contributed by atoms with van der Waals surface area (Å²) in [5.41, 5.74) is 6.62. The smallest absolute Gasteiger partial charge is 0.337 e. The monoisotopic (exact) mass is 350 g/mol. The molecule has 0 spiro atoms. The molecule has 0 radical (unpaired) electrons. The normalized spacial score (nSPS) is 10.8. The number of nitrogens with one attached hydrogen (secondary N) is 1. The van der Waals surface area contributed by atoms with Crippen LogP contribution >= 0.6 is 11.6 Å². The first-order chi connectivity index (χ1) is 12.1. The quantitative estimate of drug-likeness (QED) is 0.494. The first kappa shape index (κ1) is 16.7. The molecule has 0 aromatic heterocycles. The lowest BCUT2D eigenvalue weighted by molar-refractivity contribution is 0.0697. The summed E-state index contributed by atoms with van der Waals surface area (Å²) in [4.78, 5) is 11.1. The van der Waals surface area contributed by atoms with Crippen molar-refractivity contribution in [2.75, 3.05) is 5.43 Å². The lowest BCUT2D eigenvalue weighted by atomic mass is 10.0. The molecule has 0 amide bonds. The largest absolute Gasteiger partial charge is 0.478 e. The van der Waals surface area contributed by atoms with Gasteiger partial charge in [-0.15, -0.1) is 0 Å². The fourth-order valence-corrected chi connectivity index (χ4v) is 2.53. The Bertz CT molecular complexity index is 907. The summed E-state index contributed by atoms with van der Waals surface area (Å²) in [5.74, 6) is -1.07. The summed E-state index contributed by atoms with van der Waals surface area (Å²) >= 11 is 5.84. The molecule has 0 atom stereocenters. The van der Waals surface area contributed by atoms with Crippen molar-refractivity contribution < 1.29 is 9.90 Å². The lowest BCUT2D eigenvalue weighted by Gasteiger charge is -2.04. The molecule has 3 aromatic carbocycles. The van der Waals surface area contributed by atoms with Crippen LogP contribution in [0.4, 0.5) is 5.69 Å². The standard InChI is InChI=1S/C20H15ClN2O2/c21-19-11-10-17(12-18(19)20(24)25)23-22-13-14-6-8-16(9-7-14)15-4-2-1-3-5-15/h1-13,23H,(H,24,25)/b22-13-. The predicted octanol–water partition coefficient (Wildman–Crippen LogP) is 5.15. The van der Waals surface area contributed by atoms with E-state index in [-0.39, 0.29) is 10.6 Å². The van der Waals surface area contributed by atoms with Crippen LogP contribution in [0.3, 0.4) is 0 Å². The summed E-state index contributed by atoms with van der Waals surface area (Å²) in [7, 11) is 0. The van der Waals surface area contributed by atoms with E-state index in [1.807, 2.05) is 42.5 Å². The van der Waals surface area contributed by atoms with Gasteiger partial charge in [-0.05, 0) is 34.9 Å². The van der Waals surface area contributed by atoms with Gasteiger partial charge in [0, 0.05) is 0 Å². The third-order valence-electron chi connectivity index (χ3n) is 3.62. The van der Waals surface area contributed by atoms with Crippen LogP contribution in [-0.4, -0.2) is 17.3 Å². The van der Waals surface area contributed by atoms with E-state index >= 15 is 0 Å². The minimum atomic E-state index is -1.07. The maximum atomic E-state index is 11.1. The molecule has 0 unspecified atom stereocenters. The van der Waals surface area contributed by atoms with Crippen molar-refractivity contribution in [2.24, 2.45) is 5.10 Å². The average Bonchev–Trinajstić information content (AvgIpc) is 2.64. The SMILES string of the molecule is O=C(O)c1cc(N/N=C\c2ccc(-c3ccccc3)cc2)ccc1Cl. The Kier molecular flexibility index (Phi) is 5.11. The first-order valence-electron chi connectivity index (χ1n) is 7.61. The molecule has 0 heterocycles. The zero-order valence-corrected chi connectivity index (χ0v) is 13.9. The third kappa shape index (κ3) is 4.25. The second kappa shape index (κ2) is 7.64. The van der Waals surface area contributed by atoms with Crippen molar-refractivity contribution in [3.05, 3.63) is 88.9 Å². The number of hydrogen-bond acceptors (Lipinski definition) is 3. The van der Waals surface area contributed by atoms with Gasteiger partial charge in [0.1, 0.15) is 0 Å². The van der Waals surface area contributed by atoms with Crippen LogP contribution in [0.5, 0.6) is 0 Å². The van der Waals surface area contributed by atoms with E-state index < -0.39 is 5.97 Å². The Morgan fingerprint density at radius 3 is 2.32 bits per heavy atom. The van der Waals surface area contributed by atoms with E-state index in [1.165, 1.54) is 12.1 Å². The zero-order chi connectivity index (χ0) is 17.6. The van der Waals surface area contributed by atoms with Crippen molar-refractivity contribution in [2.45, 2.75) is 0 Å². The van der Waals surface area contributed by atoms with Gasteiger partial charge in [0.25, 0.3) is 0 Å². The molecule has 25 heavy (non-hydrogen) atoms. The molecule has 0 saturated carbocycles. The summed E-state index contributed by atoms with van der Waals surface area (Å²) in [6.45, 7) is 0. The minimum absolute atomic E-state index is 0.0362. The molecule has 0 bridgehead atoms. The number of hydrazone groups is 1. The van der Waals surface area contributed by atoms with Crippen molar-refractivity contribution >= 4 is 29.5 Å². The average molecular weight is 351 g/mol. The van der Waals surface area contributed by atoms with Crippen molar-refractivity contribution in [3.63, 3.8) is 0 Å². The molecule has 124 valence electrons. The van der Waals surface area contributed by atoms with Crippen LogP contribution in [0.15, 0.2) is 77.9 Å². The van der Waals surface area contributed by atoms with Crippen LogP contribution in [0.2, 0.25) is 5.02 Å². The number of benzene rings is 3. The highest BCUT2D eigenvalue weighted by molar-refractivity contribution is 6.33. The summed E-state index contributed by atoms with van der Waals surface area (Å²) in [6, 6.07) is 22.8. The molecule has 2 N–H and O–H groups in total. The van der Waals surface area contributed by atoms with Gasteiger partial charge in [-0.3, -0.25) is 5.43 Å². The number of anilines is 1. The number of hydrogen-bond donors (Lipinski definition) is 2.